The Hall–Kier alpha value is -0.160. The number of morpholine rings is 1. The van der Waals surface area contributed by atoms with Gasteiger partial charge in [0.2, 0.25) is 0 Å². The maximum atomic E-state index is 9.75. The minimum absolute atomic E-state index is 0.0772. The number of aliphatic hydroxyl groups is 1. The van der Waals surface area contributed by atoms with Crippen LogP contribution in [0.3, 0.4) is 0 Å². The zero-order chi connectivity index (χ0) is 11.5. The first kappa shape index (κ1) is 12.9. The molecule has 0 aromatic heterocycles. The lowest BCUT2D eigenvalue weighted by Crippen LogP contribution is -2.51. The third-order valence-electron chi connectivity index (χ3n) is 3.05. The second-order valence-corrected chi connectivity index (χ2v) is 5.04. The van der Waals surface area contributed by atoms with Gasteiger partial charge in [0.05, 0.1) is 18.3 Å². The van der Waals surface area contributed by atoms with Crippen molar-refractivity contribution in [1.82, 2.24) is 10.2 Å². The number of nitrogens with one attached hydrogen (secondary N) is 1. The van der Waals surface area contributed by atoms with Crippen LogP contribution in [-0.4, -0.2) is 61.0 Å². The average molecular weight is 216 g/mol. The Morgan fingerprint density at radius 3 is 2.80 bits per heavy atom. The van der Waals surface area contributed by atoms with Crippen molar-refractivity contribution in [3.63, 3.8) is 0 Å². The molecule has 1 aliphatic heterocycles. The van der Waals surface area contributed by atoms with Crippen LogP contribution in [0.5, 0.6) is 0 Å². The van der Waals surface area contributed by atoms with Crippen LogP contribution in [-0.2, 0) is 4.74 Å². The summed E-state index contributed by atoms with van der Waals surface area (Å²) in [4.78, 5) is 2.27. The molecule has 1 saturated heterocycles. The maximum Gasteiger partial charge on any atom is 0.0826 e. The van der Waals surface area contributed by atoms with E-state index in [0.717, 1.165) is 26.2 Å². The van der Waals surface area contributed by atoms with Crippen molar-refractivity contribution in [1.29, 1.82) is 0 Å². The Morgan fingerprint density at radius 2 is 2.27 bits per heavy atom. The lowest BCUT2D eigenvalue weighted by Gasteiger charge is -2.33. The first-order valence-corrected chi connectivity index (χ1v) is 5.65. The van der Waals surface area contributed by atoms with Crippen molar-refractivity contribution in [3.8, 4) is 0 Å². The summed E-state index contributed by atoms with van der Waals surface area (Å²) in [5, 5.41) is 13.1. The monoisotopic (exact) mass is 216 g/mol. The molecule has 0 radical (unpaired) electrons. The van der Waals surface area contributed by atoms with Gasteiger partial charge in [0.15, 0.2) is 0 Å². The Morgan fingerprint density at radius 1 is 1.60 bits per heavy atom. The van der Waals surface area contributed by atoms with E-state index in [1.807, 2.05) is 20.8 Å². The molecule has 0 saturated carbocycles. The molecule has 0 bridgehead atoms. The van der Waals surface area contributed by atoms with Gasteiger partial charge >= 0.3 is 0 Å². The van der Waals surface area contributed by atoms with Gasteiger partial charge in [-0.15, -0.1) is 0 Å². The Labute approximate surface area is 92.6 Å². The van der Waals surface area contributed by atoms with Crippen LogP contribution in [0, 0.1) is 0 Å². The van der Waals surface area contributed by atoms with Crippen LogP contribution in [0.4, 0.5) is 0 Å². The molecule has 0 aromatic carbocycles. The van der Waals surface area contributed by atoms with Crippen LogP contribution >= 0.6 is 0 Å². The molecule has 0 spiro atoms. The number of ether oxygens (including phenoxy) is 1. The van der Waals surface area contributed by atoms with Gasteiger partial charge < -0.3 is 20.1 Å². The van der Waals surface area contributed by atoms with Crippen molar-refractivity contribution in [3.05, 3.63) is 0 Å². The molecule has 2 unspecified atom stereocenters. The third-order valence-corrected chi connectivity index (χ3v) is 3.05. The van der Waals surface area contributed by atoms with E-state index in [9.17, 15) is 5.11 Å². The second-order valence-electron chi connectivity index (χ2n) is 5.04. The topological polar surface area (TPSA) is 44.7 Å². The van der Waals surface area contributed by atoms with Gasteiger partial charge in [-0.3, -0.25) is 0 Å². The van der Waals surface area contributed by atoms with E-state index in [-0.39, 0.29) is 12.1 Å². The molecule has 1 rings (SSSR count). The van der Waals surface area contributed by atoms with Gasteiger partial charge in [0, 0.05) is 25.7 Å². The minimum Gasteiger partial charge on any atom is -0.389 e. The molecule has 1 aliphatic rings. The van der Waals surface area contributed by atoms with Crippen LogP contribution in [0.15, 0.2) is 0 Å². The molecule has 1 fully saturated rings. The van der Waals surface area contributed by atoms with Gasteiger partial charge in [-0.1, -0.05) is 0 Å². The fraction of sp³-hybridized carbons (Fsp3) is 1.00. The van der Waals surface area contributed by atoms with Crippen molar-refractivity contribution in [2.45, 2.75) is 38.5 Å². The zero-order valence-electron chi connectivity index (χ0n) is 10.3. The lowest BCUT2D eigenvalue weighted by molar-refractivity contribution is -0.0255. The Kier molecular flexibility index (Phi) is 4.52. The first-order valence-electron chi connectivity index (χ1n) is 5.65. The van der Waals surface area contributed by atoms with E-state index in [4.69, 9.17) is 4.74 Å². The summed E-state index contributed by atoms with van der Waals surface area (Å²) in [5.41, 5.74) is -0.680. The summed E-state index contributed by atoms with van der Waals surface area (Å²) in [6.07, 6.45) is 0.244. The lowest BCUT2D eigenvalue weighted by atomic mass is 10.0. The molecule has 15 heavy (non-hydrogen) atoms. The van der Waals surface area contributed by atoms with Gasteiger partial charge in [-0.2, -0.15) is 0 Å². The first-order chi connectivity index (χ1) is 6.89. The number of hydrogen-bond donors (Lipinski definition) is 2. The van der Waals surface area contributed by atoms with Gasteiger partial charge in [-0.25, -0.2) is 0 Å². The van der Waals surface area contributed by atoms with Crippen molar-refractivity contribution >= 4 is 0 Å². The SMILES string of the molecule is CC(NCC1CN(C)CCO1)C(C)(C)O. The fourth-order valence-electron chi connectivity index (χ4n) is 1.55. The largest absolute Gasteiger partial charge is 0.389 e. The summed E-state index contributed by atoms with van der Waals surface area (Å²) < 4.78 is 5.63. The number of rotatable bonds is 4. The highest BCUT2D eigenvalue weighted by Crippen LogP contribution is 2.08. The third kappa shape index (κ3) is 4.47. The Balaban J connectivity index is 2.24. The quantitative estimate of drug-likeness (QED) is 0.698. The molecule has 2 N–H and O–H groups in total. The fourth-order valence-corrected chi connectivity index (χ4v) is 1.55. The molecule has 1 heterocycles. The van der Waals surface area contributed by atoms with Crippen LogP contribution < -0.4 is 5.32 Å². The second kappa shape index (κ2) is 5.25. The molecule has 90 valence electrons. The van der Waals surface area contributed by atoms with Crippen LogP contribution in [0.2, 0.25) is 0 Å². The normalized spacial score (nSPS) is 26.6. The molecule has 0 amide bonds. The Bertz CT molecular complexity index is 192. The standard InChI is InChI=1S/C11H24N2O2/c1-9(11(2,3)14)12-7-10-8-13(4)5-6-15-10/h9-10,12,14H,5-8H2,1-4H3. The summed E-state index contributed by atoms with van der Waals surface area (Å²) in [6.45, 7) is 9.21. The van der Waals surface area contributed by atoms with Crippen molar-refractivity contribution in [2.24, 2.45) is 0 Å². The number of likely N-dealkylation sites (N-methyl/N-ethyl adjacent to an activating group) is 1. The highest BCUT2D eigenvalue weighted by molar-refractivity contribution is 4.81. The highest BCUT2D eigenvalue weighted by Gasteiger charge is 2.24. The summed E-state index contributed by atoms with van der Waals surface area (Å²) >= 11 is 0. The summed E-state index contributed by atoms with van der Waals surface area (Å²) in [6, 6.07) is 0.0772. The average Bonchev–Trinajstić information content (AvgIpc) is 2.12. The highest BCUT2D eigenvalue weighted by atomic mass is 16.5. The molecular weight excluding hydrogens is 192 g/mol. The molecular formula is C11H24N2O2. The van der Waals surface area contributed by atoms with E-state index < -0.39 is 5.60 Å². The smallest absolute Gasteiger partial charge is 0.0826 e. The van der Waals surface area contributed by atoms with Gasteiger partial charge in [0.1, 0.15) is 0 Å². The molecule has 4 nitrogen and oxygen atoms in total. The van der Waals surface area contributed by atoms with E-state index in [2.05, 4.69) is 17.3 Å². The minimum atomic E-state index is -0.680. The van der Waals surface area contributed by atoms with Crippen LogP contribution in [0.1, 0.15) is 20.8 Å². The van der Waals surface area contributed by atoms with E-state index in [1.54, 1.807) is 0 Å². The summed E-state index contributed by atoms with van der Waals surface area (Å²) in [7, 11) is 2.11. The van der Waals surface area contributed by atoms with Gasteiger partial charge in [0.25, 0.3) is 0 Å². The maximum absolute atomic E-state index is 9.75. The predicted molar refractivity (Wildman–Crippen MR) is 61.0 cm³/mol. The number of hydrogen-bond acceptors (Lipinski definition) is 4. The van der Waals surface area contributed by atoms with Gasteiger partial charge in [-0.05, 0) is 27.8 Å². The van der Waals surface area contributed by atoms with E-state index in [1.165, 1.54) is 0 Å². The number of nitrogens with zero attached hydrogens (tertiary/aromatic N) is 1. The molecule has 2 atom stereocenters. The van der Waals surface area contributed by atoms with E-state index in [0.29, 0.717) is 0 Å². The van der Waals surface area contributed by atoms with Crippen molar-refractivity contribution < 1.29 is 9.84 Å². The zero-order valence-corrected chi connectivity index (χ0v) is 10.3. The predicted octanol–water partition coefficient (Wildman–Crippen LogP) is 0.0660. The molecule has 0 aliphatic carbocycles. The van der Waals surface area contributed by atoms with Crippen molar-refractivity contribution in [2.75, 3.05) is 33.3 Å². The van der Waals surface area contributed by atoms with Crippen LogP contribution in [0.25, 0.3) is 0 Å². The molecule has 0 aromatic rings. The molecule has 4 heteroatoms. The summed E-state index contributed by atoms with van der Waals surface area (Å²) in [5.74, 6) is 0. The van der Waals surface area contributed by atoms with E-state index >= 15 is 0 Å².